The summed E-state index contributed by atoms with van der Waals surface area (Å²) in [6.07, 6.45) is 11.6. The minimum atomic E-state index is 0.770. The molecule has 0 saturated carbocycles. The molecule has 0 amide bonds. The van der Waals surface area contributed by atoms with E-state index in [0.717, 1.165) is 16.9 Å². The highest BCUT2D eigenvalue weighted by Crippen LogP contribution is 2.08. The van der Waals surface area contributed by atoms with E-state index in [1.54, 1.807) is 12.4 Å². The molecule has 0 unspecified atom stereocenters. The van der Waals surface area contributed by atoms with Crippen LogP contribution in [0.3, 0.4) is 0 Å². The van der Waals surface area contributed by atoms with Gasteiger partial charge in [-0.25, -0.2) is 9.97 Å². The smallest absolute Gasteiger partial charge is 0.229 e. The van der Waals surface area contributed by atoms with Crippen LogP contribution >= 0.6 is 0 Å². The zero-order valence-electron chi connectivity index (χ0n) is 10.6. The topological polar surface area (TPSA) is 50.1 Å². The Hall–Kier alpha value is -2.95. The van der Waals surface area contributed by atoms with Crippen LogP contribution < -0.4 is 4.63 Å². The Bertz CT molecular complexity index is 902. The number of nitrogens with one attached hydrogen (secondary N) is 1. The van der Waals surface area contributed by atoms with Gasteiger partial charge >= 0.3 is 0 Å². The van der Waals surface area contributed by atoms with Gasteiger partial charge in [0.15, 0.2) is 0 Å². The van der Waals surface area contributed by atoms with Crippen LogP contribution in [0.5, 0.6) is 0 Å². The fraction of sp³-hybridized carbons (Fsp3) is 0. The van der Waals surface area contributed by atoms with Gasteiger partial charge < -0.3 is 0 Å². The Morgan fingerprint density at radius 3 is 2.70 bits per heavy atom. The molecule has 1 aromatic carbocycles. The van der Waals surface area contributed by atoms with Crippen molar-refractivity contribution >= 4 is 23.4 Å². The van der Waals surface area contributed by atoms with E-state index in [4.69, 9.17) is 0 Å². The maximum atomic E-state index is 4.33. The van der Waals surface area contributed by atoms with Gasteiger partial charge in [0.25, 0.3) is 0 Å². The maximum Gasteiger partial charge on any atom is 0.244 e. The van der Waals surface area contributed by atoms with E-state index < -0.39 is 0 Å². The molecule has 3 heterocycles. The first-order valence-electron chi connectivity index (χ1n) is 6.36. The lowest BCUT2D eigenvalue weighted by atomic mass is 10.2. The van der Waals surface area contributed by atoms with Crippen molar-refractivity contribution in [2.75, 3.05) is 0 Å². The average Bonchev–Trinajstić information content (AvgIpc) is 3.03. The summed E-state index contributed by atoms with van der Waals surface area (Å²) in [5.41, 5.74) is 3.85. The van der Waals surface area contributed by atoms with Gasteiger partial charge in [-0.1, -0.05) is 40.9 Å². The second kappa shape index (κ2) is 4.31. The number of nitrogens with zero attached hydrogens (tertiary/aromatic N) is 4. The molecule has 0 radical (unpaired) electrons. The molecular formula is C15H12N5+. The van der Waals surface area contributed by atoms with Gasteiger partial charge in [-0.3, -0.25) is 0 Å². The average molecular weight is 262 g/mol. The van der Waals surface area contributed by atoms with Crippen LogP contribution in [-0.4, -0.2) is 19.6 Å². The van der Waals surface area contributed by atoms with Crippen LogP contribution in [-0.2, 0) is 0 Å². The van der Waals surface area contributed by atoms with Crippen LogP contribution in [0.15, 0.2) is 55.1 Å². The highest BCUT2D eigenvalue weighted by atomic mass is 15.5. The minimum absolute atomic E-state index is 0.770. The zero-order chi connectivity index (χ0) is 13.4. The second-order valence-electron chi connectivity index (χ2n) is 4.53. The third kappa shape index (κ3) is 1.76. The van der Waals surface area contributed by atoms with E-state index in [0.29, 0.717) is 0 Å². The van der Waals surface area contributed by atoms with Crippen LogP contribution in [0.1, 0.15) is 11.1 Å². The molecule has 0 aliphatic heterocycles. The van der Waals surface area contributed by atoms with Crippen molar-refractivity contribution in [1.82, 2.24) is 19.6 Å². The van der Waals surface area contributed by atoms with E-state index in [1.165, 1.54) is 5.56 Å². The van der Waals surface area contributed by atoms with Crippen molar-refractivity contribution in [1.29, 1.82) is 0 Å². The molecule has 96 valence electrons. The van der Waals surface area contributed by atoms with Crippen molar-refractivity contribution in [3.63, 3.8) is 0 Å². The molecule has 0 fully saturated rings. The summed E-state index contributed by atoms with van der Waals surface area (Å²) in [5, 5.41) is 3.17. The third-order valence-electron chi connectivity index (χ3n) is 3.16. The SMILES string of the molecule is C(=C\c1cn2c3nccnc3[nH][n+]2c1)/c1ccccc1. The van der Waals surface area contributed by atoms with E-state index in [9.17, 15) is 0 Å². The van der Waals surface area contributed by atoms with Crippen molar-refractivity contribution in [3.05, 3.63) is 66.2 Å². The summed E-state index contributed by atoms with van der Waals surface area (Å²) < 4.78 is 3.81. The number of hydrogen-bond donors (Lipinski definition) is 1. The standard InChI is InChI=1S/C15H12N5/c1-2-4-12(5-3-1)6-7-13-10-19-15-14(16-8-9-17-15)18-20(19)11-13/h1-11H,(H,16,18)/q+1/b7-6+. The lowest BCUT2D eigenvalue weighted by Gasteiger charge is -1.88. The number of aromatic amines is 1. The number of fused-ring (bicyclic) bond motifs is 3. The first-order valence-corrected chi connectivity index (χ1v) is 6.36. The summed E-state index contributed by atoms with van der Waals surface area (Å²) in [6, 6.07) is 10.2. The largest absolute Gasteiger partial charge is 0.244 e. The molecule has 4 aromatic rings. The Kier molecular flexibility index (Phi) is 2.35. The molecule has 0 bridgehead atoms. The van der Waals surface area contributed by atoms with Gasteiger partial charge in [0.1, 0.15) is 0 Å². The summed E-state index contributed by atoms with van der Waals surface area (Å²) in [4.78, 5) is 8.56. The van der Waals surface area contributed by atoms with E-state index in [1.807, 2.05) is 39.7 Å². The monoisotopic (exact) mass is 262 g/mol. The molecule has 0 saturated heterocycles. The normalized spacial score (nSPS) is 11.8. The zero-order valence-corrected chi connectivity index (χ0v) is 10.6. The maximum absolute atomic E-state index is 4.33. The van der Waals surface area contributed by atoms with E-state index in [2.05, 4.69) is 39.4 Å². The molecule has 5 nitrogen and oxygen atoms in total. The van der Waals surface area contributed by atoms with Crippen LogP contribution in [0.25, 0.3) is 23.4 Å². The lowest BCUT2D eigenvalue weighted by molar-refractivity contribution is -0.669. The summed E-state index contributed by atoms with van der Waals surface area (Å²) in [5.74, 6) is 0. The third-order valence-corrected chi connectivity index (χ3v) is 3.16. The molecule has 0 spiro atoms. The molecule has 4 rings (SSSR count). The quantitative estimate of drug-likeness (QED) is 0.561. The van der Waals surface area contributed by atoms with Gasteiger partial charge in [0.2, 0.25) is 17.5 Å². The van der Waals surface area contributed by atoms with Crippen LogP contribution in [0.2, 0.25) is 0 Å². The summed E-state index contributed by atoms with van der Waals surface area (Å²) in [7, 11) is 0. The molecule has 0 aliphatic rings. The van der Waals surface area contributed by atoms with E-state index >= 15 is 0 Å². The Morgan fingerprint density at radius 2 is 1.80 bits per heavy atom. The summed E-state index contributed by atoms with van der Waals surface area (Å²) >= 11 is 0. The molecule has 20 heavy (non-hydrogen) atoms. The van der Waals surface area contributed by atoms with Crippen molar-refractivity contribution < 1.29 is 4.63 Å². The van der Waals surface area contributed by atoms with E-state index in [-0.39, 0.29) is 0 Å². The van der Waals surface area contributed by atoms with Crippen molar-refractivity contribution in [2.24, 2.45) is 0 Å². The van der Waals surface area contributed by atoms with Gasteiger partial charge in [0, 0.05) is 17.0 Å². The fourth-order valence-corrected chi connectivity index (χ4v) is 2.22. The number of aromatic nitrogens is 5. The number of H-pyrrole nitrogens is 1. The first kappa shape index (κ1) is 10.9. The Labute approximate surface area is 114 Å². The number of benzene rings is 1. The number of rotatable bonds is 2. The Balaban J connectivity index is 1.76. The molecule has 0 atom stereocenters. The predicted molar refractivity (Wildman–Crippen MR) is 75.9 cm³/mol. The molecule has 1 N–H and O–H groups in total. The summed E-state index contributed by atoms with van der Waals surface area (Å²) in [6.45, 7) is 0. The number of hydrogen-bond acceptors (Lipinski definition) is 2. The molecular weight excluding hydrogens is 250 g/mol. The first-order chi connectivity index (χ1) is 9.90. The Morgan fingerprint density at radius 1 is 1.00 bits per heavy atom. The molecule has 5 heteroatoms. The van der Waals surface area contributed by atoms with Gasteiger partial charge in [-0.05, 0) is 11.6 Å². The fourth-order valence-electron chi connectivity index (χ4n) is 2.22. The molecule has 0 aliphatic carbocycles. The highest BCUT2D eigenvalue weighted by molar-refractivity contribution is 5.69. The predicted octanol–water partition coefficient (Wildman–Crippen LogP) is 1.97. The molecule has 3 aromatic heterocycles. The van der Waals surface area contributed by atoms with Crippen LogP contribution in [0, 0.1) is 0 Å². The lowest BCUT2D eigenvalue weighted by Crippen LogP contribution is -2.26. The van der Waals surface area contributed by atoms with Crippen molar-refractivity contribution in [2.45, 2.75) is 0 Å². The van der Waals surface area contributed by atoms with Gasteiger partial charge in [-0.15, -0.1) is 5.10 Å². The van der Waals surface area contributed by atoms with Crippen molar-refractivity contribution in [3.8, 4) is 0 Å². The van der Waals surface area contributed by atoms with Gasteiger partial charge in [0.05, 0.1) is 11.8 Å². The highest BCUT2D eigenvalue weighted by Gasteiger charge is 2.13. The second-order valence-corrected chi connectivity index (χ2v) is 4.53. The van der Waals surface area contributed by atoms with Gasteiger partial charge in [-0.2, -0.15) is 0 Å². The minimum Gasteiger partial charge on any atom is -0.229 e. The van der Waals surface area contributed by atoms with Crippen LogP contribution in [0.4, 0.5) is 0 Å².